The molecule has 5 aromatic rings. The van der Waals surface area contributed by atoms with Crippen molar-refractivity contribution in [2.75, 3.05) is 57.0 Å². The average Bonchev–Trinajstić information content (AvgIpc) is 3.63. The smallest absolute Gasteiger partial charge is 0.300 e. The Balaban J connectivity index is 1.06. The maximum Gasteiger partial charge on any atom is 0.300 e. The van der Waals surface area contributed by atoms with E-state index in [9.17, 15) is 4.79 Å². The molecule has 228 valence electrons. The van der Waals surface area contributed by atoms with Crippen LogP contribution in [0.4, 0.5) is 17.5 Å². The summed E-state index contributed by atoms with van der Waals surface area (Å²) in [6.45, 7) is 9.52. The Labute approximate surface area is 255 Å². The molecule has 12 nitrogen and oxygen atoms in total. The summed E-state index contributed by atoms with van der Waals surface area (Å²) in [6.07, 6.45) is 3.63. The molecule has 0 aliphatic carbocycles. The fourth-order valence-electron chi connectivity index (χ4n) is 6.31. The predicted octanol–water partition coefficient (Wildman–Crippen LogP) is 4.46. The Morgan fingerprint density at radius 2 is 1.82 bits per heavy atom. The molecule has 2 saturated heterocycles. The van der Waals surface area contributed by atoms with Gasteiger partial charge in [-0.15, -0.1) is 0 Å². The van der Waals surface area contributed by atoms with E-state index in [0.717, 1.165) is 90.2 Å². The number of ether oxygens (including phenoxy) is 1. The number of oxazole rings is 1. The fourth-order valence-corrected chi connectivity index (χ4v) is 6.31. The Morgan fingerprint density at radius 3 is 2.59 bits per heavy atom. The monoisotopic (exact) mass is 595 g/mol. The molecule has 3 aromatic heterocycles. The van der Waals surface area contributed by atoms with Crippen LogP contribution >= 0.6 is 0 Å². The van der Waals surface area contributed by atoms with Gasteiger partial charge in [0, 0.05) is 50.4 Å². The molecule has 2 aliphatic heterocycles. The van der Waals surface area contributed by atoms with Crippen molar-refractivity contribution in [1.29, 1.82) is 0 Å². The Morgan fingerprint density at radius 1 is 1.05 bits per heavy atom. The number of aryl methyl sites for hydroxylation is 2. The third-order valence-corrected chi connectivity index (χ3v) is 8.66. The van der Waals surface area contributed by atoms with Crippen LogP contribution in [0.15, 0.2) is 47.1 Å². The van der Waals surface area contributed by atoms with Crippen LogP contribution in [0.3, 0.4) is 0 Å². The number of nitrogens with one attached hydrogen (secondary N) is 1. The van der Waals surface area contributed by atoms with Crippen molar-refractivity contribution in [3.8, 4) is 11.3 Å². The highest BCUT2D eigenvalue weighted by atomic mass is 16.5. The molecule has 0 spiro atoms. The van der Waals surface area contributed by atoms with Crippen molar-refractivity contribution in [2.45, 2.75) is 39.2 Å². The first-order valence-corrected chi connectivity index (χ1v) is 15.2. The molecule has 12 heteroatoms. The van der Waals surface area contributed by atoms with Crippen LogP contribution in [0.5, 0.6) is 0 Å². The van der Waals surface area contributed by atoms with E-state index >= 15 is 0 Å². The molecule has 0 radical (unpaired) electrons. The predicted molar refractivity (Wildman–Crippen MR) is 169 cm³/mol. The van der Waals surface area contributed by atoms with Crippen LogP contribution in [-0.2, 0) is 9.53 Å². The fraction of sp³-hybridized carbons (Fsp3) is 0.406. The number of fused-ring (bicyclic) bond motifs is 2. The number of hydrogen-bond acceptors (Lipinski definition) is 10. The number of anilines is 3. The average molecular weight is 596 g/mol. The zero-order valence-corrected chi connectivity index (χ0v) is 25.1. The third-order valence-electron chi connectivity index (χ3n) is 8.66. The van der Waals surface area contributed by atoms with E-state index in [1.807, 2.05) is 46.8 Å². The minimum absolute atomic E-state index is 0.107. The topological polar surface area (TPSA) is 140 Å². The molecule has 0 saturated carbocycles. The molecule has 44 heavy (non-hydrogen) atoms. The van der Waals surface area contributed by atoms with Gasteiger partial charge in [0.05, 0.1) is 24.6 Å². The zero-order chi connectivity index (χ0) is 30.2. The molecule has 3 N–H and O–H groups in total. The van der Waals surface area contributed by atoms with Crippen LogP contribution in [0, 0.1) is 13.8 Å². The standard InChI is InChI=1S/C32H37N9O3/c1-20-17-21(2)29-25(18-20)37-32(44-29)36-23-5-3-22(4-6-23)28-27-30(33)34-19-35-31(27)41(38-28)24-7-11-40(12-8-24)26(42)9-10-39-13-15-43-16-14-39/h3-6,17-19,24H,7-16H2,1-2H3,(H,36,37)(H2,33,34,35). The summed E-state index contributed by atoms with van der Waals surface area (Å²) >= 11 is 0. The first-order valence-electron chi connectivity index (χ1n) is 15.2. The van der Waals surface area contributed by atoms with Gasteiger partial charge in [0.25, 0.3) is 6.01 Å². The highest BCUT2D eigenvalue weighted by molar-refractivity contribution is 5.98. The normalized spacial score (nSPS) is 16.6. The van der Waals surface area contributed by atoms with Gasteiger partial charge in [-0.2, -0.15) is 10.1 Å². The van der Waals surface area contributed by atoms with E-state index in [-0.39, 0.29) is 11.9 Å². The van der Waals surface area contributed by atoms with E-state index in [4.69, 9.17) is 20.0 Å². The maximum atomic E-state index is 12.9. The van der Waals surface area contributed by atoms with Crippen molar-refractivity contribution in [3.63, 3.8) is 0 Å². The second-order valence-electron chi connectivity index (χ2n) is 11.7. The number of amides is 1. The summed E-state index contributed by atoms with van der Waals surface area (Å²) in [5.41, 5.74) is 13.4. The van der Waals surface area contributed by atoms with Crippen LogP contribution in [0.1, 0.15) is 36.4 Å². The van der Waals surface area contributed by atoms with Crippen LogP contribution in [0.2, 0.25) is 0 Å². The number of aromatic nitrogens is 5. The lowest BCUT2D eigenvalue weighted by Crippen LogP contribution is -2.42. The number of carbonyl (C=O) groups excluding carboxylic acids is 1. The number of likely N-dealkylation sites (tertiary alicyclic amines) is 1. The van der Waals surface area contributed by atoms with Crippen molar-refractivity contribution in [3.05, 3.63) is 53.9 Å². The number of piperidine rings is 1. The first-order chi connectivity index (χ1) is 21.4. The quantitative estimate of drug-likeness (QED) is 0.277. The molecule has 5 heterocycles. The van der Waals surface area contributed by atoms with Crippen LogP contribution in [-0.4, -0.2) is 86.4 Å². The van der Waals surface area contributed by atoms with Gasteiger partial charge < -0.3 is 25.1 Å². The lowest BCUT2D eigenvalue weighted by molar-refractivity contribution is -0.133. The van der Waals surface area contributed by atoms with Crippen LogP contribution < -0.4 is 11.1 Å². The molecule has 2 aliphatic rings. The van der Waals surface area contributed by atoms with E-state index in [1.165, 1.54) is 6.33 Å². The molecule has 0 atom stereocenters. The number of carbonyl (C=O) groups is 1. The van der Waals surface area contributed by atoms with Gasteiger partial charge in [0.1, 0.15) is 23.4 Å². The van der Waals surface area contributed by atoms with E-state index in [2.05, 4.69) is 38.2 Å². The Bertz CT molecular complexity index is 1800. The summed E-state index contributed by atoms with van der Waals surface area (Å²) in [6, 6.07) is 12.6. The van der Waals surface area contributed by atoms with Crippen LogP contribution in [0.25, 0.3) is 33.4 Å². The molecular formula is C32H37N9O3. The Kier molecular flexibility index (Phi) is 7.61. The molecular weight excluding hydrogens is 558 g/mol. The largest absolute Gasteiger partial charge is 0.423 e. The van der Waals surface area contributed by atoms with Gasteiger partial charge in [0.2, 0.25) is 5.91 Å². The first kappa shape index (κ1) is 28.2. The number of nitrogen functional groups attached to an aromatic ring is 1. The van der Waals surface area contributed by atoms with Crippen molar-refractivity contribution < 1.29 is 13.9 Å². The molecule has 0 bridgehead atoms. The number of hydrogen-bond donors (Lipinski definition) is 2. The highest BCUT2D eigenvalue weighted by Gasteiger charge is 2.28. The second-order valence-corrected chi connectivity index (χ2v) is 11.7. The number of nitrogens with zero attached hydrogens (tertiary/aromatic N) is 7. The number of nitrogens with two attached hydrogens (primary N) is 1. The minimum Gasteiger partial charge on any atom is -0.423 e. The van der Waals surface area contributed by atoms with Gasteiger partial charge in [-0.05, 0) is 56.0 Å². The molecule has 1 amide bonds. The summed E-state index contributed by atoms with van der Waals surface area (Å²) in [5, 5.41) is 9.04. The molecule has 0 unspecified atom stereocenters. The highest BCUT2D eigenvalue weighted by Crippen LogP contribution is 2.35. The third kappa shape index (κ3) is 5.58. The van der Waals surface area contributed by atoms with Crippen molar-refractivity contribution in [1.82, 2.24) is 34.5 Å². The van der Waals surface area contributed by atoms with Gasteiger partial charge in [-0.1, -0.05) is 18.2 Å². The van der Waals surface area contributed by atoms with E-state index < -0.39 is 0 Å². The number of benzene rings is 2. The van der Waals surface area contributed by atoms with E-state index in [1.54, 1.807) is 0 Å². The van der Waals surface area contributed by atoms with E-state index in [0.29, 0.717) is 37.0 Å². The summed E-state index contributed by atoms with van der Waals surface area (Å²) in [4.78, 5) is 30.7. The summed E-state index contributed by atoms with van der Waals surface area (Å²) in [5.74, 6) is 0.607. The SMILES string of the molecule is Cc1cc(C)c2oc(Nc3ccc(-c4nn(C5CCN(C(=O)CCN6CCOCC6)CC5)c5ncnc(N)c45)cc3)nc2c1. The molecule has 7 rings (SSSR count). The summed E-state index contributed by atoms with van der Waals surface area (Å²) in [7, 11) is 0. The van der Waals surface area contributed by atoms with Gasteiger partial charge in [-0.3, -0.25) is 9.69 Å². The molecule has 2 aromatic carbocycles. The number of morpholine rings is 1. The van der Waals surface area contributed by atoms with Gasteiger partial charge in [0.15, 0.2) is 11.2 Å². The van der Waals surface area contributed by atoms with Crippen molar-refractivity contribution in [2.24, 2.45) is 0 Å². The summed E-state index contributed by atoms with van der Waals surface area (Å²) < 4.78 is 13.4. The van der Waals surface area contributed by atoms with Crippen molar-refractivity contribution >= 4 is 45.6 Å². The second kappa shape index (κ2) is 11.9. The minimum atomic E-state index is 0.107. The lowest BCUT2D eigenvalue weighted by atomic mass is 10.0. The van der Waals surface area contributed by atoms with Gasteiger partial charge in [-0.25, -0.2) is 14.6 Å². The molecule has 2 fully saturated rings. The zero-order valence-electron chi connectivity index (χ0n) is 25.1. The lowest BCUT2D eigenvalue weighted by Gasteiger charge is -2.33. The Hall–Kier alpha value is -4.55. The maximum absolute atomic E-state index is 12.9. The van der Waals surface area contributed by atoms with Gasteiger partial charge >= 0.3 is 0 Å². The number of rotatable bonds is 7.